The summed E-state index contributed by atoms with van der Waals surface area (Å²) in [7, 11) is -0.592. The molecule has 7 heteroatoms. The molecule has 0 bridgehead atoms. The molecule has 2 aromatic carbocycles. The van der Waals surface area contributed by atoms with Gasteiger partial charge in [0.15, 0.2) is 0 Å². The average Bonchev–Trinajstić information content (AvgIpc) is 2.59. The van der Waals surface area contributed by atoms with Crippen LogP contribution in [0.4, 0.5) is 5.69 Å². The smallest absolute Gasteiger partial charge is 0.242 e. The number of aryl methyl sites for hydroxylation is 1. The molecule has 5 nitrogen and oxygen atoms in total. The van der Waals surface area contributed by atoms with Crippen molar-refractivity contribution in [3.63, 3.8) is 0 Å². The van der Waals surface area contributed by atoms with Gasteiger partial charge in [0, 0.05) is 24.7 Å². The van der Waals surface area contributed by atoms with Crippen molar-refractivity contribution < 1.29 is 13.2 Å². The Kier molecular flexibility index (Phi) is 6.49. The first-order valence-corrected chi connectivity index (χ1v) is 10.5. The number of amides is 1. The third-order valence-corrected chi connectivity index (χ3v) is 7.01. The van der Waals surface area contributed by atoms with Crippen molar-refractivity contribution in [2.75, 3.05) is 19.4 Å². The van der Waals surface area contributed by atoms with Crippen LogP contribution >= 0.6 is 11.8 Å². The maximum Gasteiger partial charge on any atom is 0.242 e. The number of carbonyl (C=O) groups is 1. The van der Waals surface area contributed by atoms with Crippen molar-refractivity contribution >= 4 is 33.4 Å². The lowest BCUT2D eigenvalue weighted by molar-refractivity contribution is -0.115. The number of benzene rings is 2. The van der Waals surface area contributed by atoms with Gasteiger partial charge in [0.05, 0.1) is 10.1 Å². The van der Waals surface area contributed by atoms with Crippen molar-refractivity contribution in [3.8, 4) is 0 Å². The molecule has 1 atom stereocenters. The molecule has 0 fully saturated rings. The quantitative estimate of drug-likeness (QED) is 0.762. The van der Waals surface area contributed by atoms with Gasteiger partial charge in [0.25, 0.3) is 0 Å². The summed E-state index contributed by atoms with van der Waals surface area (Å²) < 4.78 is 26.0. The summed E-state index contributed by atoms with van der Waals surface area (Å²) in [4.78, 5) is 13.8. The molecule has 0 aliphatic carbocycles. The van der Waals surface area contributed by atoms with Crippen molar-refractivity contribution in [2.24, 2.45) is 0 Å². The number of carbonyl (C=O) groups excluding carboxylic acids is 1. The van der Waals surface area contributed by atoms with Crippen molar-refractivity contribution in [1.29, 1.82) is 0 Å². The molecule has 1 unspecified atom stereocenters. The first-order valence-electron chi connectivity index (χ1n) is 8.19. The maximum absolute atomic E-state index is 12.6. The summed E-state index contributed by atoms with van der Waals surface area (Å²) in [5.41, 5.74) is 2.19. The lowest BCUT2D eigenvalue weighted by Gasteiger charge is -2.18. The zero-order valence-electron chi connectivity index (χ0n) is 15.6. The second kappa shape index (κ2) is 8.24. The Morgan fingerprint density at radius 3 is 2.31 bits per heavy atom. The topological polar surface area (TPSA) is 66.5 Å². The maximum atomic E-state index is 12.6. The van der Waals surface area contributed by atoms with Crippen LogP contribution in [0.15, 0.2) is 52.3 Å². The van der Waals surface area contributed by atoms with E-state index in [1.165, 1.54) is 31.9 Å². The molecule has 140 valence electrons. The Hall–Kier alpha value is -1.83. The van der Waals surface area contributed by atoms with Crippen molar-refractivity contribution in [1.82, 2.24) is 4.31 Å². The highest BCUT2D eigenvalue weighted by Crippen LogP contribution is 2.28. The summed E-state index contributed by atoms with van der Waals surface area (Å²) in [6.07, 6.45) is 0. The van der Waals surface area contributed by atoms with E-state index < -0.39 is 10.0 Å². The van der Waals surface area contributed by atoms with E-state index in [2.05, 4.69) is 5.32 Å². The van der Waals surface area contributed by atoms with E-state index in [0.29, 0.717) is 5.69 Å². The second-order valence-corrected chi connectivity index (χ2v) is 9.83. The normalized spacial score (nSPS) is 12.8. The number of sulfonamides is 1. The second-order valence-electron chi connectivity index (χ2n) is 6.26. The Labute approximate surface area is 159 Å². The largest absolute Gasteiger partial charge is 0.325 e. The molecule has 0 aliphatic rings. The van der Waals surface area contributed by atoms with Gasteiger partial charge in [-0.05, 0) is 56.2 Å². The number of nitrogens with one attached hydrogen (secondary N) is 1. The Balaban J connectivity index is 2.25. The fraction of sp³-hybridized carbons (Fsp3) is 0.316. The first-order chi connectivity index (χ1) is 12.1. The van der Waals surface area contributed by atoms with Gasteiger partial charge in [-0.2, -0.15) is 0 Å². The van der Waals surface area contributed by atoms with Gasteiger partial charge in [0.1, 0.15) is 0 Å². The fourth-order valence-electron chi connectivity index (χ4n) is 2.31. The SMILES string of the molecule is Cc1cc(S(=O)(=O)N(C)C)cc(NC(=O)C(C)Sc2ccccc2)c1C. The lowest BCUT2D eigenvalue weighted by atomic mass is 10.1. The minimum Gasteiger partial charge on any atom is -0.325 e. The molecule has 2 rings (SSSR count). The fourth-order valence-corrected chi connectivity index (χ4v) is 4.21. The van der Waals surface area contributed by atoms with E-state index in [1.54, 1.807) is 6.07 Å². The zero-order valence-corrected chi connectivity index (χ0v) is 17.2. The lowest BCUT2D eigenvalue weighted by Crippen LogP contribution is -2.25. The highest BCUT2D eigenvalue weighted by molar-refractivity contribution is 8.00. The highest BCUT2D eigenvalue weighted by atomic mass is 32.2. The molecule has 0 spiro atoms. The molecule has 1 N–H and O–H groups in total. The highest BCUT2D eigenvalue weighted by Gasteiger charge is 2.21. The summed E-state index contributed by atoms with van der Waals surface area (Å²) in [6, 6.07) is 12.8. The number of rotatable bonds is 6. The molecule has 0 aliphatic heterocycles. The molecular formula is C19H24N2O3S2. The van der Waals surface area contributed by atoms with Gasteiger partial charge < -0.3 is 5.32 Å². The Morgan fingerprint density at radius 2 is 1.73 bits per heavy atom. The van der Waals surface area contributed by atoms with Crippen LogP contribution < -0.4 is 5.32 Å². The number of thioether (sulfide) groups is 1. The van der Waals surface area contributed by atoms with Crippen LogP contribution in [-0.4, -0.2) is 38.0 Å². The Bertz CT molecular complexity index is 895. The number of anilines is 1. The van der Waals surface area contributed by atoms with Gasteiger partial charge in [-0.15, -0.1) is 11.8 Å². The number of hydrogen-bond donors (Lipinski definition) is 1. The number of hydrogen-bond acceptors (Lipinski definition) is 4. The van der Waals surface area contributed by atoms with E-state index in [9.17, 15) is 13.2 Å². The van der Waals surface area contributed by atoms with E-state index in [-0.39, 0.29) is 16.1 Å². The summed E-state index contributed by atoms with van der Waals surface area (Å²) in [6.45, 7) is 5.53. The third kappa shape index (κ3) is 4.66. The van der Waals surface area contributed by atoms with Gasteiger partial charge in [-0.3, -0.25) is 4.79 Å². The van der Waals surface area contributed by atoms with Gasteiger partial charge >= 0.3 is 0 Å². The van der Waals surface area contributed by atoms with E-state index >= 15 is 0 Å². The summed E-state index contributed by atoms with van der Waals surface area (Å²) in [5, 5.41) is 2.57. The predicted molar refractivity (Wildman–Crippen MR) is 107 cm³/mol. The summed E-state index contributed by atoms with van der Waals surface area (Å²) >= 11 is 1.46. The first kappa shape index (κ1) is 20.5. The molecular weight excluding hydrogens is 368 g/mol. The van der Waals surface area contributed by atoms with Gasteiger partial charge in [0.2, 0.25) is 15.9 Å². The van der Waals surface area contributed by atoms with Crippen LogP contribution in [-0.2, 0) is 14.8 Å². The molecule has 0 heterocycles. The zero-order chi connectivity index (χ0) is 19.5. The molecule has 0 radical (unpaired) electrons. The molecule has 2 aromatic rings. The molecule has 26 heavy (non-hydrogen) atoms. The standard InChI is InChI=1S/C19H24N2O3S2/c1-13-11-17(26(23,24)21(4)5)12-18(14(13)2)20-19(22)15(3)25-16-9-7-6-8-10-16/h6-12,15H,1-5H3,(H,20,22). The van der Waals surface area contributed by atoms with Crippen LogP contribution in [0, 0.1) is 13.8 Å². The molecule has 0 aromatic heterocycles. The minimum absolute atomic E-state index is 0.166. The molecule has 1 amide bonds. The molecule has 0 saturated heterocycles. The number of nitrogens with zero attached hydrogens (tertiary/aromatic N) is 1. The van der Waals surface area contributed by atoms with E-state index in [1.807, 2.05) is 51.1 Å². The van der Waals surface area contributed by atoms with Crippen LogP contribution in [0.1, 0.15) is 18.1 Å². The van der Waals surface area contributed by atoms with Crippen LogP contribution in [0.25, 0.3) is 0 Å². The van der Waals surface area contributed by atoms with E-state index in [0.717, 1.165) is 20.3 Å². The minimum atomic E-state index is -3.57. The van der Waals surface area contributed by atoms with Crippen LogP contribution in [0.2, 0.25) is 0 Å². The third-order valence-electron chi connectivity index (χ3n) is 4.10. The van der Waals surface area contributed by atoms with Crippen LogP contribution in [0.5, 0.6) is 0 Å². The summed E-state index contributed by atoms with van der Waals surface area (Å²) in [5.74, 6) is -0.166. The van der Waals surface area contributed by atoms with Gasteiger partial charge in [-0.1, -0.05) is 18.2 Å². The van der Waals surface area contributed by atoms with Crippen molar-refractivity contribution in [3.05, 3.63) is 53.6 Å². The van der Waals surface area contributed by atoms with Crippen molar-refractivity contribution in [2.45, 2.75) is 35.8 Å². The predicted octanol–water partition coefficient (Wildman–Crippen LogP) is 3.67. The Morgan fingerprint density at radius 1 is 1.12 bits per heavy atom. The van der Waals surface area contributed by atoms with Crippen LogP contribution in [0.3, 0.4) is 0 Å². The van der Waals surface area contributed by atoms with Gasteiger partial charge in [-0.25, -0.2) is 12.7 Å². The average molecular weight is 393 g/mol. The monoisotopic (exact) mass is 392 g/mol. The van der Waals surface area contributed by atoms with E-state index in [4.69, 9.17) is 0 Å². The molecule has 0 saturated carbocycles.